The summed E-state index contributed by atoms with van der Waals surface area (Å²) in [6.07, 6.45) is 2.88. The normalized spacial score (nSPS) is 12.1. The standard InChI is InChI=1S/C24H25NO5/c1-4-16(2)18-6-8-19(9-7-18)25-14-17-5-11-21(23(13-17)28-3)29-15-20-10-12-22(30-20)24(26)27/h5-14,16H,4,15H2,1-3H3,(H,26,27)/t16-/m1/s1. The first-order valence-corrected chi connectivity index (χ1v) is 9.77. The number of hydrogen-bond acceptors (Lipinski definition) is 5. The molecule has 156 valence electrons. The number of carboxylic acids is 1. The van der Waals surface area contributed by atoms with Crippen LogP contribution in [0, 0.1) is 0 Å². The maximum Gasteiger partial charge on any atom is 0.371 e. The summed E-state index contributed by atoms with van der Waals surface area (Å²) in [4.78, 5) is 15.4. The number of carbonyl (C=O) groups is 1. The van der Waals surface area contributed by atoms with Gasteiger partial charge in [-0.1, -0.05) is 26.0 Å². The second-order valence-electron chi connectivity index (χ2n) is 6.93. The van der Waals surface area contributed by atoms with E-state index < -0.39 is 5.97 Å². The topological polar surface area (TPSA) is 81.3 Å². The molecule has 1 heterocycles. The van der Waals surface area contributed by atoms with Crippen molar-refractivity contribution >= 4 is 17.9 Å². The molecule has 0 aliphatic carbocycles. The van der Waals surface area contributed by atoms with Gasteiger partial charge in [-0.05, 0) is 65.9 Å². The van der Waals surface area contributed by atoms with Crippen molar-refractivity contribution in [3.63, 3.8) is 0 Å². The Kier molecular flexibility index (Phi) is 6.91. The van der Waals surface area contributed by atoms with E-state index in [4.69, 9.17) is 19.0 Å². The van der Waals surface area contributed by atoms with Crippen molar-refractivity contribution in [2.45, 2.75) is 32.8 Å². The fourth-order valence-corrected chi connectivity index (χ4v) is 2.88. The van der Waals surface area contributed by atoms with Crippen LogP contribution < -0.4 is 9.47 Å². The van der Waals surface area contributed by atoms with Crippen LogP contribution in [-0.4, -0.2) is 24.4 Å². The highest BCUT2D eigenvalue weighted by atomic mass is 16.5. The minimum Gasteiger partial charge on any atom is -0.493 e. The van der Waals surface area contributed by atoms with Gasteiger partial charge in [-0.25, -0.2) is 4.79 Å². The number of aliphatic imine (C=N–C) groups is 1. The fourth-order valence-electron chi connectivity index (χ4n) is 2.88. The van der Waals surface area contributed by atoms with E-state index in [0.29, 0.717) is 23.2 Å². The van der Waals surface area contributed by atoms with Crippen molar-refractivity contribution in [2.24, 2.45) is 4.99 Å². The molecule has 0 saturated heterocycles. The average molecular weight is 407 g/mol. The van der Waals surface area contributed by atoms with Gasteiger partial charge in [-0.3, -0.25) is 4.99 Å². The number of methoxy groups -OCH3 is 1. The van der Waals surface area contributed by atoms with Gasteiger partial charge in [-0.2, -0.15) is 0 Å². The van der Waals surface area contributed by atoms with E-state index >= 15 is 0 Å². The van der Waals surface area contributed by atoms with Gasteiger partial charge in [0.15, 0.2) is 11.5 Å². The van der Waals surface area contributed by atoms with E-state index in [-0.39, 0.29) is 12.4 Å². The molecule has 0 saturated carbocycles. The minimum absolute atomic E-state index is 0.0968. The van der Waals surface area contributed by atoms with E-state index in [1.165, 1.54) is 11.6 Å². The van der Waals surface area contributed by atoms with Crippen molar-refractivity contribution in [2.75, 3.05) is 7.11 Å². The number of nitrogens with zero attached hydrogens (tertiary/aromatic N) is 1. The quantitative estimate of drug-likeness (QED) is 0.451. The second kappa shape index (κ2) is 9.78. The SMILES string of the molecule is CC[C@@H](C)c1ccc(N=Cc2ccc(OCc3ccc(C(=O)O)o3)c(OC)c2)cc1. The van der Waals surface area contributed by atoms with Crippen molar-refractivity contribution < 1.29 is 23.8 Å². The van der Waals surface area contributed by atoms with Crippen molar-refractivity contribution in [1.82, 2.24) is 0 Å². The monoisotopic (exact) mass is 407 g/mol. The lowest BCUT2D eigenvalue weighted by molar-refractivity contribution is 0.0658. The molecule has 0 amide bonds. The van der Waals surface area contributed by atoms with Gasteiger partial charge >= 0.3 is 5.97 Å². The molecule has 0 spiro atoms. The van der Waals surface area contributed by atoms with Crippen molar-refractivity contribution in [1.29, 1.82) is 0 Å². The summed E-state index contributed by atoms with van der Waals surface area (Å²) in [5.74, 6) is 0.802. The molecule has 0 aliphatic rings. The molecule has 6 nitrogen and oxygen atoms in total. The lowest BCUT2D eigenvalue weighted by atomic mass is 9.99. The average Bonchev–Trinajstić information content (AvgIpc) is 3.25. The lowest BCUT2D eigenvalue weighted by Gasteiger charge is -2.10. The van der Waals surface area contributed by atoms with Crippen LogP contribution in [0.5, 0.6) is 11.5 Å². The van der Waals surface area contributed by atoms with Crippen LogP contribution >= 0.6 is 0 Å². The zero-order chi connectivity index (χ0) is 21.5. The molecule has 2 aromatic carbocycles. The molecule has 1 aromatic heterocycles. The number of aromatic carboxylic acids is 1. The summed E-state index contributed by atoms with van der Waals surface area (Å²) in [5, 5.41) is 8.91. The molecular formula is C24H25NO5. The van der Waals surface area contributed by atoms with Crippen LogP contribution in [0.15, 0.2) is 64.0 Å². The van der Waals surface area contributed by atoms with Crippen LogP contribution in [0.3, 0.4) is 0 Å². The largest absolute Gasteiger partial charge is 0.493 e. The summed E-state index contributed by atoms with van der Waals surface area (Å²) in [6, 6.07) is 16.7. The van der Waals surface area contributed by atoms with E-state index in [0.717, 1.165) is 17.7 Å². The maximum absolute atomic E-state index is 10.9. The molecule has 1 N–H and O–H groups in total. The molecule has 3 aromatic rings. The van der Waals surface area contributed by atoms with Crippen LogP contribution in [0.2, 0.25) is 0 Å². The Balaban J connectivity index is 1.67. The molecule has 3 rings (SSSR count). The number of rotatable bonds is 9. The predicted octanol–water partition coefficient (Wildman–Crippen LogP) is 5.83. The number of benzene rings is 2. The first kappa shape index (κ1) is 21.2. The van der Waals surface area contributed by atoms with E-state index in [9.17, 15) is 4.79 Å². The zero-order valence-corrected chi connectivity index (χ0v) is 17.3. The number of furan rings is 1. The second-order valence-corrected chi connectivity index (χ2v) is 6.93. The Morgan fingerprint density at radius 2 is 1.90 bits per heavy atom. The highest BCUT2D eigenvalue weighted by molar-refractivity contribution is 5.84. The van der Waals surface area contributed by atoms with Crippen LogP contribution in [0.1, 0.15) is 53.6 Å². The molecule has 1 atom stereocenters. The van der Waals surface area contributed by atoms with Crippen LogP contribution in [-0.2, 0) is 6.61 Å². The Labute approximate surface area is 175 Å². The van der Waals surface area contributed by atoms with Gasteiger partial charge < -0.3 is 19.0 Å². The highest BCUT2D eigenvalue weighted by Gasteiger charge is 2.11. The van der Waals surface area contributed by atoms with Crippen LogP contribution in [0.25, 0.3) is 0 Å². The van der Waals surface area contributed by atoms with Crippen molar-refractivity contribution in [3.05, 3.63) is 77.2 Å². The third-order valence-corrected chi connectivity index (χ3v) is 4.87. The molecule has 6 heteroatoms. The smallest absolute Gasteiger partial charge is 0.371 e. The molecule has 0 aliphatic heterocycles. The van der Waals surface area contributed by atoms with Gasteiger partial charge in [0.05, 0.1) is 12.8 Å². The summed E-state index contributed by atoms with van der Waals surface area (Å²) in [7, 11) is 1.56. The van der Waals surface area contributed by atoms with E-state index in [1.54, 1.807) is 25.5 Å². The number of carboxylic acid groups (broad SMARTS) is 1. The number of hydrogen-bond donors (Lipinski definition) is 1. The Morgan fingerprint density at radius 1 is 1.13 bits per heavy atom. The molecule has 0 unspecified atom stereocenters. The molecule has 30 heavy (non-hydrogen) atoms. The van der Waals surface area contributed by atoms with Crippen LogP contribution in [0.4, 0.5) is 5.69 Å². The summed E-state index contributed by atoms with van der Waals surface area (Å²) in [5.41, 5.74) is 3.07. The first-order valence-electron chi connectivity index (χ1n) is 9.77. The zero-order valence-electron chi connectivity index (χ0n) is 17.3. The van der Waals surface area contributed by atoms with Gasteiger partial charge in [0.1, 0.15) is 12.4 Å². The minimum atomic E-state index is -1.11. The Bertz CT molecular complexity index is 1020. The Hall–Kier alpha value is -3.54. The van der Waals surface area contributed by atoms with E-state index in [2.05, 4.69) is 31.0 Å². The highest BCUT2D eigenvalue weighted by Crippen LogP contribution is 2.29. The maximum atomic E-state index is 10.9. The van der Waals surface area contributed by atoms with Gasteiger partial charge in [-0.15, -0.1) is 0 Å². The third-order valence-electron chi connectivity index (χ3n) is 4.87. The predicted molar refractivity (Wildman–Crippen MR) is 115 cm³/mol. The van der Waals surface area contributed by atoms with Gasteiger partial charge in [0, 0.05) is 6.21 Å². The van der Waals surface area contributed by atoms with Crippen molar-refractivity contribution in [3.8, 4) is 11.5 Å². The molecule has 0 bridgehead atoms. The van der Waals surface area contributed by atoms with Gasteiger partial charge in [0.2, 0.25) is 5.76 Å². The first-order chi connectivity index (χ1) is 14.5. The summed E-state index contributed by atoms with van der Waals surface area (Å²) in [6.45, 7) is 4.49. The van der Waals surface area contributed by atoms with Gasteiger partial charge in [0.25, 0.3) is 0 Å². The molecular weight excluding hydrogens is 382 g/mol. The Morgan fingerprint density at radius 3 is 2.53 bits per heavy atom. The fraction of sp³-hybridized carbons (Fsp3) is 0.250. The summed E-state index contributed by atoms with van der Waals surface area (Å²) >= 11 is 0. The lowest BCUT2D eigenvalue weighted by Crippen LogP contribution is -1.98. The molecule has 0 radical (unpaired) electrons. The molecule has 0 fully saturated rings. The third kappa shape index (κ3) is 5.29. The van der Waals surface area contributed by atoms with E-state index in [1.807, 2.05) is 24.3 Å². The summed E-state index contributed by atoms with van der Waals surface area (Å²) < 4.78 is 16.3. The number of ether oxygens (including phenoxy) is 2.